The van der Waals surface area contributed by atoms with Crippen LogP contribution in [0.15, 0.2) is 53.1 Å². The lowest BCUT2D eigenvalue weighted by molar-refractivity contribution is -0.121. The quantitative estimate of drug-likeness (QED) is 0.507. The van der Waals surface area contributed by atoms with E-state index in [0.717, 1.165) is 0 Å². The Balaban J connectivity index is 1.67. The topological polar surface area (TPSA) is 101 Å². The first-order chi connectivity index (χ1) is 14.6. The molecule has 0 N–H and O–H groups in total. The van der Waals surface area contributed by atoms with E-state index in [1.165, 1.54) is 4.90 Å². The van der Waals surface area contributed by atoms with Crippen LogP contribution in [0.1, 0.15) is 13.3 Å². The van der Waals surface area contributed by atoms with E-state index in [1.54, 1.807) is 48.5 Å². The number of amides is 1. The van der Waals surface area contributed by atoms with E-state index in [2.05, 4.69) is 10.1 Å². The Morgan fingerprint density at radius 3 is 2.67 bits per heavy atom. The molecule has 0 aliphatic carbocycles. The van der Waals surface area contributed by atoms with Crippen molar-refractivity contribution in [1.29, 1.82) is 5.26 Å². The van der Waals surface area contributed by atoms with E-state index in [9.17, 15) is 4.79 Å². The molecule has 154 valence electrons. The van der Waals surface area contributed by atoms with Crippen LogP contribution < -0.4 is 14.4 Å². The van der Waals surface area contributed by atoms with E-state index < -0.39 is 0 Å². The zero-order valence-corrected chi connectivity index (χ0v) is 17.0. The third kappa shape index (κ3) is 5.27. The number of hydrogen-bond acceptors (Lipinski definition) is 7. The molecule has 1 heterocycles. The van der Waals surface area contributed by atoms with E-state index in [1.807, 2.05) is 13.0 Å². The first-order valence-corrected chi connectivity index (χ1v) is 9.61. The molecule has 0 aliphatic heterocycles. The SMILES string of the molecule is CCOc1ccc(N(CCC#N)C(=O)COc2nc(-c3ccccc3Cl)no2)cc1. The number of rotatable bonds is 9. The number of ether oxygens (including phenoxy) is 2. The van der Waals surface area contributed by atoms with Crippen LogP contribution in [-0.4, -0.2) is 35.8 Å². The van der Waals surface area contributed by atoms with Crippen molar-refractivity contribution in [1.82, 2.24) is 10.1 Å². The average Bonchev–Trinajstić information content (AvgIpc) is 3.23. The van der Waals surface area contributed by atoms with Crippen molar-refractivity contribution in [2.75, 3.05) is 24.7 Å². The number of aromatic nitrogens is 2. The van der Waals surface area contributed by atoms with Crippen molar-refractivity contribution in [3.63, 3.8) is 0 Å². The van der Waals surface area contributed by atoms with Crippen LogP contribution in [0.25, 0.3) is 11.4 Å². The first-order valence-electron chi connectivity index (χ1n) is 9.24. The predicted molar refractivity (Wildman–Crippen MR) is 110 cm³/mol. The molecule has 0 atom stereocenters. The minimum Gasteiger partial charge on any atom is -0.494 e. The summed E-state index contributed by atoms with van der Waals surface area (Å²) in [4.78, 5) is 18.3. The molecule has 0 saturated heterocycles. The van der Waals surface area contributed by atoms with Crippen LogP contribution >= 0.6 is 11.6 Å². The van der Waals surface area contributed by atoms with E-state index in [4.69, 9.17) is 30.9 Å². The second kappa shape index (κ2) is 10.3. The van der Waals surface area contributed by atoms with Crippen LogP contribution in [0.5, 0.6) is 11.8 Å². The Hall–Kier alpha value is -3.57. The van der Waals surface area contributed by atoms with Gasteiger partial charge in [0.05, 0.1) is 24.1 Å². The van der Waals surface area contributed by atoms with Gasteiger partial charge in [-0.2, -0.15) is 10.2 Å². The van der Waals surface area contributed by atoms with Gasteiger partial charge in [-0.05, 0) is 43.3 Å². The van der Waals surface area contributed by atoms with Crippen LogP contribution in [0.3, 0.4) is 0 Å². The molecule has 1 amide bonds. The van der Waals surface area contributed by atoms with Crippen molar-refractivity contribution in [2.24, 2.45) is 0 Å². The summed E-state index contributed by atoms with van der Waals surface area (Å²) in [7, 11) is 0. The number of benzene rings is 2. The second-order valence-corrected chi connectivity index (χ2v) is 6.44. The normalized spacial score (nSPS) is 10.3. The Bertz CT molecular complexity index is 1030. The molecule has 3 aromatic rings. The molecule has 0 unspecified atom stereocenters. The number of nitriles is 1. The van der Waals surface area contributed by atoms with Crippen LogP contribution in [0.4, 0.5) is 5.69 Å². The summed E-state index contributed by atoms with van der Waals surface area (Å²) in [5, 5.41) is 13.2. The summed E-state index contributed by atoms with van der Waals surface area (Å²) in [5.41, 5.74) is 1.22. The third-order valence-corrected chi connectivity index (χ3v) is 4.38. The summed E-state index contributed by atoms with van der Waals surface area (Å²) in [6.07, 6.45) is 0.0288. The molecule has 0 saturated carbocycles. The monoisotopic (exact) mass is 426 g/mol. The molecular weight excluding hydrogens is 408 g/mol. The maximum Gasteiger partial charge on any atom is 0.418 e. The van der Waals surface area contributed by atoms with Gasteiger partial charge in [0.2, 0.25) is 5.82 Å². The number of halogens is 1. The molecule has 0 aliphatic rings. The minimum atomic E-state index is -0.355. The summed E-state index contributed by atoms with van der Waals surface area (Å²) >= 11 is 6.13. The van der Waals surface area contributed by atoms with Gasteiger partial charge in [-0.1, -0.05) is 28.9 Å². The minimum absolute atomic E-state index is 0.148. The van der Waals surface area contributed by atoms with Crippen molar-refractivity contribution >= 4 is 23.2 Å². The van der Waals surface area contributed by atoms with Crippen molar-refractivity contribution in [3.05, 3.63) is 53.6 Å². The molecule has 0 spiro atoms. The number of anilines is 1. The van der Waals surface area contributed by atoms with Crippen LogP contribution in [-0.2, 0) is 4.79 Å². The van der Waals surface area contributed by atoms with E-state index in [0.29, 0.717) is 28.6 Å². The van der Waals surface area contributed by atoms with Gasteiger partial charge < -0.3 is 14.4 Å². The van der Waals surface area contributed by atoms with Crippen molar-refractivity contribution in [3.8, 4) is 29.3 Å². The summed E-state index contributed by atoms with van der Waals surface area (Å²) in [6, 6.07) is 16.1. The lowest BCUT2D eigenvalue weighted by Crippen LogP contribution is -2.35. The summed E-state index contributed by atoms with van der Waals surface area (Å²) < 4.78 is 15.8. The first kappa shape index (κ1) is 21.1. The summed E-state index contributed by atoms with van der Waals surface area (Å²) in [5.74, 6) is 0.603. The smallest absolute Gasteiger partial charge is 0.418 e. The number of hydrogen-bond donors (Lipinski definition) is 0. The molecule has 1 aromatic heterocycles. The number of carbonyl (C=O) groups is 1. The fraction of sp³-hybridized carbons (Fsp3) is 0.238. The zero-order chi connectivity index (χ0) is 21.3. The highest BCUT2D eigenvalue weighted by molar-refractivity contribution is 6.33. The highest BCUT2D eigenvalue weighted by Crippen LogP contribution is 2.26. The van der Waals surface area contributed by atoms with E-state index >= 15 is 0 Å². The van der Waals surface area contributed by atoms with Crippen molar-refractivity contribution < 1.29 is 18.8 Å². The zero-order valence-electron chi connectivity index (χ0n) is 16.2. The Morgan fingerprint density at radius 1 is 1.20 bits per heavy atom. The number of carbonyl (C=O) groups excluding carboxylic acids is 1. The third-order valence-electron chi connectivity index (χ3n) is 4.05. The summed E-state index contributed by atoms with van der Waals surface area (Å²) in [6.45, 7) is 2.33. The fourth-order valence-electron chi connectivity index (χ4n) is 2.67. The molecule has 0 radical (unpaired) electrons. The Labute approximate surface area is 178 Å². The van der Waals surface area contributed by atoms with E-state index in [-0.39, 0.29) is 37.4 Å². The lowest BCUT2D eigenvalue weighted by Gasteiger charge is -2.21. The molecule has 3 rings (SSSR count). The largest absolute Gasteiger partial charge is 0.494 e. The van der Waals surface area contributed by atoms with Gasteiger partial charge in [0, 0.05) is 17.8 Å². The Morgan fingerprint density at radius 2 is 1.97 bits per heavy atom. The maximum absolute atomic E-state index is 12.7. The van der Waals surface area contributed by atoms with Crippen molar-refractivity contribution in [2.45, 2.75) is 13.3 Å². The van der Waals surface area contributed by atoms with Crippen LogP contribution in [0, 0.1) is 11.3 Å². The Kier molecular flexibility index (Phi) is 7.24. The van der Waals surface area contributed by atoms with Gasteiger partial charge >= 0.3 is 6.08 Å². The second-order valence-electron chi connectivity index (χ2n) is 6.03. The molecule has 8 nitrogen and oxygen atoms in total. The van der Waals surface area contributed by atoms with Gasteiger partial charge in [-0.25, -0.2) is 0 Å². The molecule has 0 bridgehead atoms. The average molecular weight is 427 g/mol. The lowest BCUT2D eigenvalue weighted by atomic mass is 10.2. The van der Waals surface area contributed by atoms with Gasteiger partial charge in [0.25, 0.3) is 5.91 Å². The predicted octanol–water partition coefficient (Wildman–Crippen LogP) is 4.11. The highest BCUT2D eigenvalue weighted by Gasteiger charge is 2.19. The van der Waals surface area contributed by atoms with Gasteiger partial charge in [-0.3, -0.25) is 9.32 Å². The molecular formula is C21H19ClN4O4. The highest BCUT2D eigenvalue weighted by atomic mass is 35.5. The molecule has 0 fully saturated rings. The fourth-order valence-corrected chi connectivity index (χ4v) is 2.89. The van der Waals surface area contributed by atoms with Gasteiger partial charge in [0.1, 0.15) is 5.75 Å². The molecule has 9 heteroatoms. The van der Waals surface area contributed by atoms with Gasteiger partial charge in [-0.15, -0.1) is 0 Å². The standard InChI is InChI=1S/C21H19ClN4O4/c1-2-28-16-10-8-15(9-11-16)26(13-5-12-23)19(27)14-29-21-24-20(25-30-21)17-6-3-4-7-18(17)22/h3-4,6-11H,2,5,13-14H2,1H3. The molecule has 2 aromatic carbocycles. The van der Waals surface area contributed by atoms with Crippen LogP contribution in [0.2, 0.25) is 5.02 Å². The molecule has 30 heavy (non-hydrogen) atoms. The maximum atomic E-state index is 12.7. The van der Waals surface area contributed by atoms with Gasteiger partial charge in [0.15, 0.2) is 6.61 Å². The number of nitrogens with zero attached hydrogens (tertiary/aromatic N) is 4.